The highest BCUT2D eigenvalue weighted by atomic mass is 32.2. The third-order valence-corrected chi connectivity index (χ3v) is 5.28. The Morgan fingerprint density at radius 2 is 2.08 bits per heavy atom. The molecule has 0 aliphatic carbocycles. The van der Waals surface area contributed by atoms with Crippen LogP contribution < -0.4 is 10.1 Å². The van der Waals surface area contributed by atoms with Gasteiger partial charge in [0.1, 0.15) is 5.75 Å². The van der Waals surface area contributed by atoms with Crippen LogP contribution in [0.4, 0.5) is 5.69 Å². The Morgan fingerprint density at radius 3 is 2.62 bits per heavy atom. The summed E-state index contributed by atoms with van der Waals surface area (Å²) in [4.78, 5) is 22.4. The zero-order valence-corrected chi connectivity index (χ0v) is 14.6. The average molecular weight is 359 g/mol. The SMILES string of the molecule is CCS(=O)(=O)N(C)CCCNC(=O)c1cc([N+](=O)[O-])ccc1OC. The van der Waals surface area contributed by atoms with Crippen molar-refractivity contribution in [2.45, 2.75) is 13.3 Å². The number of non-ortho nitro benzene ring substituents is 1. The van der Waals surface area contributed by atoms with Gasteiger partial charge < -0.3 is 10.1 Å². The largest absolute Gasteiger partial charge is 0.496 e. The number of carbonyl (C=O) groups is 1. The highest BCUT2D eigenvalue weighted by Gasteiger charge is 2.18. The number of nitrogens with one attached hydrogen (secondary N) is 1. The summed E-state index contributed by atoms with van der Waals surface area (Å²) in [7, 11) is -0.411. The van der Waals surface area contributed by atoms with Crippen LogP contribution in [0, 0.1) is 10.1 Å². The Balaban J connectivity index is 2.66. The van der Waals surface area contributed by atoms with E-state index in [1.807, 2.05) is 0 Å². The second kappa shape index (κ2) is 8.60. The summed E-state index contributed by atoms with van der Waals surface area (Å²) in [6.45, 7) is 2.05. The van der Waals surface area contributed by atoms with Gasteiger partial charge in [-0.3, -0.25) is 14.9 Å². The Kier molecular flexibility index (Phi) is 7.11. The van der Waals surface area contributed by atoms with Crippen molar-refractivity contribution in [2.75, 3.05) is 33.0 Å². The van der Waals surface area contributed by atoms with Crippen LogP contribution in [-0.2, 0) is 10.0 Å². The lowest BCUT2D eigenvalue weighted by molar-refractivity contribution is -0.384. The van der Waals surface area contributed by atoms with Crippen LogP contribution in [0.3, 0.4) is 0 Å². The minimum atomic E-state index is -3.25. The average Bonchev–Trinajstić information content (AvgIpc) is 2.57. The van der Waals surface area contributed by atoms with Crippen LogP contribution in [0.1, 0.15) is 23.7 Å². The molecule has 0 atom stereocenters. The molecule has 0 aliphatic heterocycles. The van der Waals surface area contributed by atoms with E-state index in [0.29, 0.717) is 6.42 Å². The monoisotopic (exact) mass is 359 g/mol. The second-order valence-electron chi connectivity index (χ2n) is 4.97. The first-order valence-corrected chi connectivity index (χ1v) is 8.88. The first kappa shape index (κ1) is 19.8. The summed E-state index contributed by atoms with van der Waals surface area (Å²) in [5.74, 6) is -0.277. The lowest BCUT2D eigenvalue weighted by atomic mass is 10.1. The fourth-order valence-electron chi connectivity index (χ4n) is 1.95. The van der Waals surface area contributed by atoms with E-state index in [9.17, 15) is 23.3 Å². The molecule has 10 heteroatoms. The molecule has 0 saturated carbocycles. The third kappa shape index (κ3) is 5.17. The number of rotatable bonds is 9. The number of methoxy groups -OCH3 is 1. The number of hydrogen-bond acceptors (Lipinski definition) is 6. The van der Waals surface area contributed by atoms with Crippen molar-refractivity contribution in [3.05, 3.63) is 33.9 Å². The smallest absolute Gasteiger partial charge is 0.270 e. The van der Waals surface area contributed by atoms with Gasteiger partial charge in [-0.15, -0.1) is 0 Å². The molecule has 0 radical (unpaired) electrons. The van der Waals surface area contributed by atoms with Crippen molar-refractivity contribution in [3.63, 3.8) is 0 Å². The standard InChI is InChI=1S/C14H21N3O6S/c1-4-24(21,22)16(2)9-5-8-15-14(18)12-10-11(17(19)20)6-7-13(12)23-3/h6-7,10H,4-5,8-9H2,1-3H3,(H,15,18). The minimum Gasteiger partial charge on any atom is -0.496 e. The molecule has 0 heterocycles. The predicted molar refractivity (Wildman–Crippen MR) is 88.7 cm³/mol. The molecule has 1 N–H and O–H groups in total. The van der Waals surface area contributed by atoms with Crippen LogP contribution in [-0.4, -0.2) is 56.6 Å². The zero-order chi connectivity index (χ0) is 18.3. The third-order valence-electron chi connectivity index (χ3n) is 3.41. The molecular weight excluding hydrogens is 338 g/mol. The summed E-state index contributed by atoms with van der Waals surface area (Å²) >= 11 is 0. The maximum atomic E-state index is 12.2. The quantitative estimate of drug-likeness (QED) is 0.399. The lowest BCUT2D eigenvalue weighted by Crippen LogP contribution is -2.32. The van der Waals surface area contributed by atoms with E-state index < -0.39 is 20.9 Å². The summed E-state index contributed by atoms with van der Waals surface area (Å²) in [6.07, 6.45) is 0.415. The first-order chi connectivity index (χ1) is 11.2. The molecule has 0 fully saturated rings. The molecule has 1 aromatic carbocycles. The fraction of sp³-hybridized carbons (Fsp3) is 0.500. The van der Waals surface area contributed by atoms with E-state index in [4.69, 9.17) is 4.74 Å². The normalized spacial score (nSPS) is 11.3. The molecule has 0 saturated heterocycles. The maximum absolute atomic E-state index is 12.2. The molecule has 0 unspecified atom stereocenters. The number of ether oxygens (including phenoxy) is 1. The van der Waals surface area contributed by atoms with Gasteiger partial charge in [0.05, 0.1) is 23.3 Å². The molecule has 9 nitrogen and oxygen atoms in total. The van der Waals surface area contributed by atoms with E-state index in [2.05, 4.69) is 5.32 Å². The molecule has 0 spiro atoms. The molecule has 134 valence electrons. The highest BCUT2D eigenvalue weighted by Crippen LogP contribution is 2.23. The molecule has 0 aliphatic rings. The number of nitro benzene ring substituents is 1. The van der Waals surface area contributed by atoms with Gasteiger partial charge >= 0.3 is 0 Å². The van der Waals surface area contributed by atoms with Gasteiger partial charge in [-0.25, -0.2) is 12.7 Å². The van der Waals surface area contributed by atoms with Crippen molar-refractivity contribution < 1.29 is 22.9 Å². The fourth-order valence-corrected chi connectivity index (χ4v) is 2.79. The van der Waals surface area contributed by atoms with Gasteiger partial charge in [0.2, 0.25) is 10.0 Å². The summed E-state index contributed by atoms with van der Waals surface area (Å²) in [5.41, 5.74) is -0.157. The second-order valence-corrected chi connectivity index (χ2v) is 7.34. The molecule has 24 heavy (non-hydrogen) atoms. The molecule has 1 rings (SSSR count). The van der Waals surface area contributed by atoms with Gasteiger partial charge in [0.15, 0.2) is 0 Å². The number of amides is 1. The maximum Gasteiger partial charge on any atom is 0.270 e. The van der Waals surface area contributed by atoms with E-state index in [0.717, 1.165) is 6.07 Å². The summed E-state index contributed by atoms with van der Waals surface area (Å²) < 4.78 is 29.4. The Morgan fingerprint density at radius 1 is 1.42 bits per heavy atom. The summed E-state index contributed by atoms with van der Waals surface area (Å²) in [5, 5.41) is 13.4. The van der Waals surface area contributed by atoms with Gasteiger partial charge in [-0.05, 0) is 19.4 Å². The van der Waals surface area contributed by atoms with Gasteiger partial charge in [-0.1, -0.05) is 0 Å². The van der Waals surface area contributed by atoms with Gasteiger partial charge in [-0.2, -0.15) is 0 Å². The van der Waals surface area contributed by atoms with Gasteiger partial charge in [0, 0.05) is 32.3 Å². The van der Waals surface area contributed by atoms with E-state index in [-0.39, 0.29) is 35.8 Å². The van der Waals surface area contributed by atoms with E-state index in [1.54, 1.807) is 6.92 Å². The number of nitro groups is 1. The van der Waals surface area contributed by atoms with Crippen LogP contribution in [0.25, 0.3) is 0 Å². The zero-order valence-electron chi connectivity index (χ0n) is 13.8. The van der Waals surface area contributed by atoms with Gasteiger partial charge in [0.25, 0.3) is 11.6 Å². The van der Waals surface area contributed by atoms with Crippen molar-refractivity contribution in [3.8, 4) is 5.75 Å². The predicted octanol–water partition coefficient (Wildman–Crippen LogP) is 1.00. The van der Waals surface area contributed by atoms with Crippen molar-refractivity contribution in [2.24, 2.45) is 0 Å². The molecule has 1 aromatic rings. The van der Waals surface area contributed by atoms with Crippen LogP contribution in [0.5, 0.6) is 5.75 Å². The molecule has 0 bridgehead atoms. The van der Waals surface area contributed by atoms with Crippen molar-refractivity contribution in [1.29, 1.82) is 0 Å². The van der Waals surface area contributed by atoms with Crippen molar-refractivity contribution >= 4 is 21.6 Å². The topological polar surface area (TPSA) is 119 Å². The number of hydrogen-bond donors (Lipinski definition) is 1. The first-order valence-electron chi connectivity index (χ1n) is 7.27. The van der Waals surface area contributed by atoms with Crippen molar-refractivity contribution in [1.82, 2.24) is 9.62 Å². The minimum absolute atomic E-state index is 0.0146. The van der Waals surface area contributed by atoms with Crippen LogP contribution in [0.15, 0.2) is 18.2 Å². The molecule has 0 aromatic heterocycles. The number of benzene rings is 1. The Labute approximate surface area is 140 Å². The Bertz CT molecular complexity index is 704. The van der Waals surface area contributed by atoms with Crippen LogP contribution >= 0.6 is 0 Å². The number of nitrogens with zero attached hydrogens (tertiary/aromatic N) is 2. The lowest BCUT2D eigenvalue weighted by Gasteiger charge is -2.16. The molecule has 1 amide bonds. The number of carbonyl (C=O) groups excluding carboxylic acids is 1. The molecular formula is C14H21N3O6S. The summed E-state index contributed by atoms with van der Waals surface area (Å²) in [6, 6.07) is 3.75. The highest BCUT2D eigenvalue weighted by molar-refractivity contribution is 7.89. The number of sulfonamides is 1. The Hall–Kier alpha value is -2.20. The van der Waals surface area contributed by atoms with E-state index >= 15 is 0 Å². The van der Waals surface area contributed by atoms with E-state index in [1.165, 1.54) is 30.6 Å². The van der Waals surface area contributed by atoms with Crippen LogP contribution in [0.2, 0.25) is 0 Å².